The molecular formula is C13H16O8. The van der Waals surface area contributed by atoms with E-state index in [1.165, 1.54) is 13.0 Å². The van der Waals surface area contributed by atoms with Crippen molar-refractivity contribution in [2.45, 2.75) is 19.8 Å². The van der Waals surface area contributed by atoms with E-state index < -0.39 is 35.7 Å². The molecule has 0 amide bonds. The highest BCUT2D eigenvalue weighted by Gasteiger charge is 2.32. The molecule has 0 aliphatic heterocycles. The third kappa shape index (κ3) is 6.90. The quantitative estimate of drug-likeness (QED) is 0.440. The van der Waals surface area contributed by atoms with Gasteiger partial charge in [-0.2, -0.15) is 0 Å². The minimum Gasteiger partial charge on any atom is -0.481 e. The third-order valence-electron chi connectivity index (χ3n) is 2.70. The minimum atomic E-state index is -1.24. The van der Waals surface area contributed by atoms with Crippen molar-refractivity contribution in [2.75, 3.05) is 0 Å². The highest BCUT2D eigenvalue weighted by molar-refractivity contribution is 5.94. The maximum Gasteiger partial charge on any atom is 0.331 e. The molecule has 0 saturated carbocycles. The number of aliphatic carboxylic acids is 4. The van der Waals surface area contributed by atoms with Crippen LogP contribution in [0.1, 0.15) is 19.8 Å². The molecule has 0 radical (unpaired) electrons. The summed E-state index contributed by atoms with van der Waals surface area (Å²) in [5, 5.41) is 33.4. The SMILES string of the molecule is C/C(=C/C(=O)O)C(=O)O.O=C(O)C1C=CCCC1C(=O)O. The van der Waals surface area contributed by atoms with E-state index >= 15 is 0 Å². The van der Waals surface area contributed by atoms with Gasteiger partial charge in [0.2, 0.25) is 0 Å². The van der Waals surface area contributed by atoms with Gasteiger partial charge in [0, 0.05) is 11.6 Å². The number of carboxylic acids is 4. The topological polar surface area (TPSA) is 149 Å². The van der Waals surface area contributed by atoms with E-state index in [9.17, 15) is 19.2 Å². The first-order valence-corrected chi connectivity index (χ1v) is 5.93. The Labute approximate surface area is 120 Å². The molecule has 4 N–H and O–H groups in total. The molecule has 0 fully saturated rings. The monoisotopic (exact) mass is 300 g/mol. The van der Waals surface area contributed by atoms with Crippen molar-refractivity contribution >= 4 is 23.9 Å². The Morgan fingerprint density at radius 1 is 1.05 bits per heavy atom. The molecular weight excluding hydrogens is 284 g/mol. The molecule has 1 aliphatic rings. The van der Waals surface area contributed by atoms with E-state index in [1.54, 1.807) is 6.08 Å². The molecule has 1 aliphatic carbocycles. The van der Waals surface area contributed by atoms with Crippen LogP contribution in [0.4, 0.5) is 0 Å². The minimum absolute atomic E-state index is 0.178. The van der Waals surface area contributed by atoms with Crippen molar-refractivity contribution in [2.24, 2.45) is 11.8 Å². The number of rotatable bonds is 4. The molecule has 0 saturated heterocycles. The van der Waals surface area contributed by atoms with Crippen molar-refractivity contribution < 1.29 is 39.6 Å². The molecule has 0 aromatic rings. The van der Waals surface area contributed by atoms with Gasteiger partial charge in [-0.05, 0) is 19.8 Å². The Morgan fingerprint density at radius 3 is 1.90 bits per heavy atom. The molecule has 8 nitrogen and oxygen atoms in total. The van der Waals surface area contributed by atoms with Gasteiger partial charge in [0.1, 0.15) is 0 Å². The molecule has 0 aromatic carbocycles. The lowest BCUT2D eigenvalue weighted by atomic mass is 9.84. The van der Waals surface area contributed by atoms with Gasteiger partial charge in [-0.25, -0.2) is 9.59 Å². The molecule has 116 valence electrons. The van der Waals surface area contributed by atoms with E-state index in [0.29, 0.717) is 18.9 Å². The lowest BCUT2D eigenvalue weighted by Crippen LogP contribution is -2.30. The number of hydrogen-bond donors (Lipinski definition) is 4. The molecule has 0 spiro atoms. The van der Waals surface area contributed by atoms with Gasteiger partial charge in [0.25, 0.3) is 0 Å². The lowest BCUT2D eigenvalue weighted by molar-refractivity contribution is -0.152. The van der Waals surface area contributed by atoms with E-state index in [1.807, 2.05) is 0 Å². The molecule has 1 rings (SSSR count). The second kappa shape index (κ2) is 8.51. The van der Waals surface area contributed by atoms with E-state index in [4.69, 9.17) is 20.4 Å². The number of hydrogen-bond acceptors (Lipinski definition) is 4. The predicted molar refractivity (Wildman–Crippen MR) is 69.7 cm³/mol. The van der Waals surface area contributed by atoms with E-state index in [0.717, 1.165) is 0 Å². The van der Waals surface area contributed by atoms with Crippen molar-refractivity contribution in [1.82, 2.24) is 0 Å². The maximum absolute atomic E-state index is 10.6. The largest absolute Gasteiger partial charge is 0.481 e. The van der Waals surface area contributed by atoms with Crippen molar-refractivity contribution in [3.05, 3.63) is 23.8 Å². The van der Waals surface area contributed by atoms with E-state index in [2.05, 4.69) is 0 Å². The highest BCUT2D eigenvalue weighted by atomic mass is 16.4. The summed E-state index contributed by atoms with van der Waals surface area (Å²) in [7, 11) is 0. The molecule has 2 unspecified atom stereocenters. The van der Waals surface area contributed by atoms with Gasteiger partial charge in [-0.1, -0.05) is 12.2 Å². The molecule has 2 atom stereocenters. The zero-order valence-electron chi connectivity index (χ0n) is 11.2. The predicted octanol–water partition coefficient (Wildman–Crippen LogP) is 0.840. The van der Waals surface area contributed by atoms with Crippen LogP contribution in [-0.2, 0) is 19.2 Å². The molecule has 0 bridgehead atoms. The fourth-order valence-electron chi connectivity index (χ4n) is 1.61. The summed E-state index contributed by atoms with van der Waals surface area (Å²) in [6, 6.07) is 0. The van der Waals surface area contributed by atoms with Crippen LogP contribution in [0.5, 0.6) is 0 Å². The van der Waals surface area contributed by atoms with Gasteiger partial charge in [-0.3, -0.25) is 9.59 Å². The standard InChI is InChI=1S/C8H10O4.C5H6O4/c9-7(10)5-3-1-2-4-6(5)8(11)12;1-3(5(8)9)2-4(6)7/h1,3,5-6H,2,4H2,(H,9,10)(H,11,12);2H,1H3,(H,6,7)(H,8,9)/b;3-2-. The van der Waals surface area contributed by atoms with Crippen LogP contribution in [0.25, 0.3) is 0 Å². The number of carboxylic acid groups (broad SMARTS) is 4. The van der Waals surface area contributed by atoms with Gasteiger partial charge < -0.3 is 20.4 Å². The van der Waals surface area contributed by atoms with Gasteiger partial charge in [-0.15, -0.1) is 0 Å². The van der Waals surface area contributed by atoms with Crippen molar-refractivity contribution in [1.29, 1.82) is 0 Å². The first-order valence-electron chi connectivity index (χ1n) is 5.93. The Morgan fingerprint density at radius 2 is 1.62 bits per heavy atom. The Bertz CT molecular complexity index is 488. The smallest absolute Gasteiger partial charge is 0.331 e. The van der Waals surface area contributed by atoms with Crippen molar-refractivity contribution in [3.8, 4) is 0 Å². The summed E-state index contributed by atoms with van der Waals surface area (Å²) < 4.78 is 0. The lowest BCUT2D eigenvalue weighted by Gasteiger charge is -2.19. The second-order valence-electron chi connectivity index (χ2n) is 4.28. The number of carbonyl (C=O) groups is 4. The highest BCUT2D eigenvalue weighted by Crippen LogP contribution is 2.24. The van der Waals surface area contributed by atoms with Crippen LogP contribution in [0.15, 0.2) is 23.8 Å². The fourth-order valence-corrected chi connectivity index (χ4v) is 1.61. The van der Waals surface area contributed by atoms with Crippen LogP contribution in [-0.4, -0.2) is 44.3 Å². The molecule has 21 heavy (non-hydrogen) atoms. The summed E-state index contributed by atoms with van der Waals surface area (Å²) >= 11 is 0. The summed E-state index contributed by atoms with van der Waals surface area (Å²) in [5.41, 5.74) is -0.178. The summed E-state index contributed by atoms with van der Waals surface area (Å²) in [5.74, 6) is -6.14. The Kier molecular flexibility index (Phi) is 7.44. The summed E-state index contributed by atoms with van der Waals surface area (Å²) in [4.78, 5) is 40.8. The molecule has 8 heteroatoms. The third-order valence-corrected chi connectivity index (χ3v) is 2.70. The maximum atomic E-state index is 10.6. The van der Waals surface area contributed by atoms with Gasteiger partial charge in [0.05, 0.1) is 11.8 Å². The zero-order chi connectivity index (χ0) is 16.6. The van der Waals surface area contributed by atoms with Crippen LogP contribution < -0.4 is 0 Å². The average molecular weight is 300 g/mol. The Hall–Kier alpha value is -2.64. The van der Waals surface area contributed by atoms with Crippen LogP contribution >= 0.6 is 0 Å². The van der Waals surface area contributed by atoms with Gasteiger partial charge in [0.15, 0.2) is 0 Å². The van der Waals surface area contributed by atoms with Gasteiger partial charge >= 0.3 is 23.9 Å². The zero-order valence-corrected chi connectivity index (χ0v) is 11.2. The Balaban J connectivity index is 0.000000400. The first-order chi connectivity index (χ1) is 9.66. The normalized spacial score (nSPS) is 20.9. The van der Waals surface area contributed by atoms with E-state index in [-0.39, 0.29) is 5.57 Å². The van der Waals surface area contributed by atoms with Crippen LogP contribution in [0.3, 0.4) is 0 Å². The average Bonchev–Trinajstić information content (AvgIpc) is 2.38. The summed E-state index contributed by atoms with van der Waals surface area (Å²) in [6.45, 7) is 1.22. The molecule has 0 heterocycles. The first kappa shape index (κ1) is 18.4. The van der Waals surface area contributed by atoms with Crippen LogP contribution in [0.2, 0.25) is 0 Å². The van der Waals surface area contributed by atoms with Crippen molar-refractivity contribution in [3.63, 3.8) is 0 Å². The summed E-state index contributed by atoms with van der Waals surface area (Å²) in [6.07, 6.45) is 4.90. The fraction of sp³-hybridized carbons (Fsp3) is 0.385. The molecule has 0 aromatic heterocycles. The second-order valence-corrected chi connectivity index (χ2v) is 4.28. The number of allylic oxidation sites excluding steroid dienone is 1. The van der Waals surface area contributed by atoms with Crippen LogP contribution in [0, 0.1) is 11.8 Å².